The van der Waals surface area contributed by atoms with Crippen molar-refractivity contribution in [1.82, 2.24) is 0 Å². The molecule has 0 spiro atoms. The number of carbonyl (C=O) groups is 1. The fraction of sp³-hybridized carbons (Fsp3) is 0.750. The Hall–Kier alpha value is -0.870. The van der Waals surface area contributed by atoms with Crippen molar-refractivity contribution in [3.05, 3.63) is 11.6 Å². The van der Waals surface area contributed by atoms with Crippen molar-refractivity contribution in [2.45, 2.75) is 39.7 Å². The lowest BCUT2D eigenvalue weighted by molar-refractivity contribution is -0.132. The lowest BCUT2D eigenvalue weighted by Gasteiger charge is -2.19. The van der Waals surface area contributed by atoms with Gasteiger partial charge in [-0.25, -0.2) is 4.79 Å². The number of carboxylic acids is 1. The number of rotatable bonds is 7. The molecule has 0 heterocycles. The fourth-order valence-corrected chi connectivity index (χ4v) is 1.03. The summed E-state index contributed by atoms with van der Waals surface area (Å²) in [6.45, 7) is 9.06. The molecule has 0 unspecified atom stereocenters. The predicted molar refractivity (Wildman–Crippen MR) is 62.5 cm³/mol. The largest absolute Gasteiger partial charge is 0.478 e. The molecule has 0 saturated heterocycles. The molecule has 0 radical (unpaired) electrons. The summed E-state index contributed by atoms with van der Waals surface area (Å²) >= 11 is 0. The maximum atomic E-state index is 10.6. The summed E-state index contributed by atoms with van der Waals surface area (Å²) in [6.07, 6.45) is 2.11. The van der Waals surface area contributed by atoms with Crippen LogP contribution in [0.4, 0.5) is 0 Å². The van der Waals surface area contributed by atoms with Crippen molar-refractivity contribution in [1.29, 1.82) is 0 Å². The topological polar surface area (TPSA) is 55.8 Å². The second-order valence-electron chi connectivity index (χ2n) is 4.42. The van der Waals surface area contributed by atoms with E-state index in [2.05, 4.69) is 0 Å². The van der Waals surface area contributed by atoms with E-state index in [1.54, 1.807) is 6.08 Å². The van der Waals surface area contributed by atoms with Gasteiger partial charge in [-0.2, -0.15) is 0 Å². The molecule has 1 N–H and O–H groups in total. The van der Waals surface area contributed by atoms with Crippen LogP contribution in [0.2, 0.25) is 0 Å². The van der Waals surface area contributed by atoms with Gasteiger partial charge in [0.15, 0.2) is 0 Å². The molecule has 16 heavy (non-hydrogen) atoms. The average molecular weight is 230 g/mol. The third kappa shape index (κ3) is 8.44. The zero-order valence-corrected chi connectivity index (χ0v) is 10.6. The van der Waals surface area contributed by atoms with Gasteiger partial charge in [0.1, 0.15) is 0 Å². The monoisotopic (exact) mass is 230 g/mol. The van der Waals surface area contributed by atoms with Gasteiger partial charge >= 0.3 is 5.97 Å². The standard InChI is InChI=1S/C12H22O4/c1-5-10(11(13)14)6-7-15-8-9-16-12(2,3)4/h6H,5,7-9H2,1-4H3,(H,13,14). The number of carboxylic acid groups (broad SMARTS) is 1. The highest BCUT2D eigenvalue weighted by molar-refractivity contribution is 5.86. The van der Waals surface area contributed by atoms with Gasteiger partial charge in [0.05, 0.1) is 25.4 Å². The molecular formula is C12H22O4. The summed E-state index contributed by atoms with van der Waals surface area (Å²) in [5.74, 6) is -0.878. The normalized spacial score (nSPS) is 12.9. The molecule has 4 heteroatoms. The summed E-state index contributed by atoms with van der Waals surface area (Å²) in [5.41, 5.74) is 0.228. The molecule has 4 nitrogen and oxygen atoms in total. The van der Waals surface area contributed by atoms with Crippen LogP contribution in [0, 0.1) is 0 Å². The molecule has 0 fully saturated rings. The third-order valence-electron chi connectivity index (χ3n) is 1.87. The van der Waals surface area contributed by atoms with Gasteiger partial charge in [0.25, 0.3) is 0 Å². The summed E-state index contributed by atoms with van der Waals surface area (Å²) in [5, 5.41) is 8.73. The molecule has 0 aromatic rings. The molecule has 0 saturated carbocycles. The number of ether oxygens (including phenoxy) is 2. The van der Waals surface area contributed by atoms with Crippen LogP contribution < -0.4 is 0 Å². The number of hydrogen-bond donors (Lipinski definition) is 1. The van der Waals surface area contributed by atoms with E-state index in [-0.39, 0.29) is 5.60 Å². The quantitative estimate of drug-likeness (QED) is 0.538. The van der Waals surface area contributed by atoms with Gasteiger partial charge in [0, 0.05) is 5.57 Å². The van der Waals surface area contributed by atoms with Gasteiger partial charge in [-0.15, -0.1) is 0 Å². The molecule has 0 amide bonds. The Morgan fingerprint density at radius 1 is 1.31 bits per heavy atom. The van der Waals surface area contributed by atoms with Crippen LogP contribution in [0.15, 0.2) is 11.6 Å². The minimum Gasteiger partial charge on any atom is -0.478 e. The van der Waals surface area contributed by atoms with E-state index >= 15 is 0 Å². The lowest BCUT2D eigenvalue weighted by atomic mass is 10.2. The first-order valence-corrected chi connectivity index (χ1v) is 5.51. The first-order valence-electron chi connectivity index (χ1n) is 5.51. The first kappa shape index (κ1) is 15.1. The minimum absolute atomic E-state index is 0.158. The van der Waals surface area contributed by atoms with Crippen LogP contribution in [-0.2, 0) is 14.3 Å². The van der Waals surface area contributed by atoms with Crippen molar-refractivity contribution >= 4 is 5.97 Å². The summed E-state index contributed by atoms with van der Waals surface area (Å²) < 4.78 is 10.7. The van der Waals surface area contributed by atoms with Crippen LogP contribution in [-0.4, -0.2) is 36.5 Å². The SMILES string of the molecule is CCC(=CCOCCOC(C)(C)C)C(=O)O. The van der Waals surface area contributed by atoms with Crippen LogP contribution in [0.3, 0.4) is 0 Å². The van der Waals surface area contributed by atoms with E-state index in [0.29, 0.717) is 31.8 Å². The van der Waals surface area contributed by atoms with E-state index in [1.165, 1.54) is 0 Å². The minimum atomic E-state index is -0.878. The van der Waals surface area contributed by atoms with Crippen molar-refractivity contribution in [3.63, 3.8) is 0 Å². The molecule has 0 aromatic heterocycles. The Balaban J connectivity index is 3.64. The van der Waals surface area contributed by atoms with Gasteiger partial charge in [-0.05, 0) is 33.3 Å². The Kier molecular flexibility index (Phi) is 7.01. The van der Waals surface area contributed by atoms with E-state index in [4.69, 9.17) is 14.6 Å². The molecule has 0 atom stereocenters. The highest BCUT2D eigenvalue weighted by Gasteiger charge is 2.08. The Labute approximate surface area is 97.2 Å². The molecular weight excluding hydrogens is 208 g/mol. The van der Waals surface area contributed by atoms with Crippen molar-refractivity contribution in [3.8, 4) is 0 Å². The van der Waals surface area contributed by atoms with Gasteiger partial charge in [-0.1, -0.05) is 6.92 Å². The van der Waals surface area contributed by atoms with Crippen LogP contribution in [0.1, 0.15) is 34.1 Å². The van der Waals surface area contributed by atoms with Crippen LogP contribution >= 0.6 is 0 Å². The number of aliphatic carboxylic acids is 1. The van der Waals surface area contributed by atoms with Gasteiger partial charge in [0.2, 0.25) is 0 Å². The second-order valence-corrected chi connectivity index (χ2v) is 4.42. The first-order chi connectivity index (χ1) is 7.37. The molecule has 94 valence electrons. The molecule has 0 aliphatic heterocycles. The fourth-order valence-electron chi connectivity index (χ4n) is 1.03. The Bertz CT molecular complexity index is 238. The van der Waals surface area contributed by atoms with E-state index < -0.39 is 5.97 Å². The Morgan fingerprint density at radius 3 is 2.38 bits per heavy atom. The van der Waals surface area contributed by atoms with E-state index in [1.807, 2.05) is 27.7 Å². The number of hydrogen-bond acceptors (Lipinski definition) is 3. The lowest BCUT2D eigenvalue weighted by Crippen LogP contribution is -2.21. The maximum Gasteiger partial charge on any atom is 0.331 e. The average Bonchev–Trinajstić information content (AvgIpc) is 2.14. The van der Waals surface area contributed by atoms with Gasteiger partial charge in [-0.3, -0.25) is 0 Å². The van der Waals surface area contributed by atoms with E-state index in [9.17, 15) is 4.79 Å². The molecule has 0 aromatic carbocycles. The summed E-state index contributed by atoms with van der Waals surface area (Å²) in [4.78, 5) is 10.6. The summed E-state index contributed by atoms with van der Waals surface area (Å²) in [7, 11) is 0. The van der Waals surface area contributed by atoms with Crippen LogP contribution in [0.25, 0.3) is 0 Å². The van der Waals surface area contributed by atoms with E-state index in [0.717, 1.165) is 0 Å². The van der Waals surface area contributed by atoms with Gasteiger partial charge < -0.3 is 14.6 Å². The van der Waals surface area contributed by atoms with Crippen molar-refractivity contribution < 1.29 is 19.4 Å². The highest BCUT2D eigenvalue weighted by atomic mass is 16.5. The zero-order chi connectivity index (χ0) is 12.6. The summed E-state index contributed by atoms with van der Waals surface area (Å²) in [6, 6.07) is 0. The third-order valence-corrected chi connectivity index (χ3v) is 1.87. The Morgan fingerprint density at radius 2 is 1.94 bits per heavy atom. The molecule has 0 bridgehead atoms. The molecule has 0 aliphatic carbocycles. The molecule has 0 rings (SSSR count). The smallest absolute Gasteiger partial charge is 0.331 e. The zero-order valence-electron chi connectivity index (χ0n) is 10.6. The second kappa shape index (κ2) is 7.41. The van der Waals surface area contributed by atoms with Crippen LogP contribution in [0.5, 0.6) is 0 Å². The molecule has 0 aliphatic rings. The van der Waals surface area contributed by atoms with Crippen molar-refractivity contribution in [2.24, 2.45) is 0 Å². The maximum absolute atomic E-state index is 10.6. The predicted octanol–water partition coefficient (Wildman–Crippen LogP) is 2.24. The highest BCUT2D eigenvalue weighted by Crippen LogP contribution is 2.05. The van der Waals surface area contributed by atoms with Crippen molar-refractivity contribution in [2.75, 3.05) is 19.8 Å².